The molecule has 8 heteroatoms. The first-order chi connectivity index (χ1) is 10.2. The maximum Gasteiger partial charge on any atom is 0.404 e. The molecular weight excluding hydrogens is 383 g/mol. The Bertz CT molecular complexity index is 790. The first kappa shape index (κ1) is 17.2. The van der Waals surface area contributed by atoms with Crippen molar-refractivity contribution in [3.8, 4) is 0 Å². The number of hydrogen-bond donors (Lipinski definition) is 1. The molecule has 0 spiro atoms. The molecule has 0 aliphatic heterocycles. The Hall–Kier alpha value is -1.12. The summed E-state index contributed by atoms with van der Waals surface area (Å²) in [4.78, 5) is -0.172. The normalized spacial score (nSPS) is 14.2. The molecule has 0 radical (unpaired) electrons. The summed E-state index contributed by atoms with van der Waals surface area (Å²) in [5.41, 5.74) is 0. The third-order valence-electron chi connectivity index (χ3n) is 3.22. The van der Waals surface area contributed by atoms with Gasteiger partial charge in [-0.3, -0.25) is 0 Å². The summed E-state index contributed by atoms with van der Waals surface area (Å²) in [7, 11) is -4.29. The summed E-state index contributed by atoms with van der Waals surface area (Å²) in [6.45, 7) is 1.28. The first-order valence-electron chi connectivity index (χ1n) is 6.43. The Kier molecular flexibility index (Phi) is 4.84. The van der Waals surface area contributed by atoms with E-state index in [0.29, 0.717) is 15.2 Å². The van der Waals surface area contributed by atoms with Crippen molar-refractivity contribution < 1.29 is 21.6 Å². The predicted molar refractivity (Wildman–Crippen MR) is 82.1 cm³/mol. The van der Waals surface area contributed by atoms with Gasteiger partial charge in [0.15, 0.2) is 0 Å². The number of nitrogens with one attached hydrogen (secondary N) is 1. The second-order valence-corrected chi connectivity index (χ2v) is 7.25. The van der Waals surface area contributed by atoms with Crippen LogP contribution >= 0.6 is 15.9 Å². The van der Waals surface area contributed by atoms with Gasteiger partial charge >= 0.3 is 6.18 Å². The van der Waals surface area contributed by atoms with Gasteiger partial charge in [0.1, 0.15) is 6.04 Å². The maximum absolute atomic E-state index is 12.8. The molecule has 0 saturated carbocycles. The molecule has 1 N–H and O–H groups in total. The van der Waals surface area contributed by atoms with Crippen LogP contribution < -0.4 is 4.72 Å². The van der Waals surface area contributed by atoms with E-state index >= 15 is 0 Å². The minimum atomic E-state index is -4.63. The zero-order valence-electron chi connectivity index (χ0n) is 11.5. The molecule has 3 nitrogen and oxygen atoms in total. The van der Waals surface area contributed by atoms with Gasteiger partial charge < -0.3 is 0 Å². The molecule has 0 aliphatic carbocycles. The van der Waals surface area contributed by atoms with Crippen LogP contribution in [-0.4, -0.2) is 20.6 Å². The molecule has 0 aromatic heterocycles. The van der Waals surface area contributed by atoms with E-state index in [0.717, 1.165) is 0 Å². The number of halogens is 4. The van der Waals surface area contributed by atoms with E-state index in [4.69, 9.17) is 0 Å². The highest BCUT2D eigenvalue weighted by molar-refractivity contribution is 9.10. The maximum atomic E-state index is 12.8. The molecule has 2 aromatic carbocycles. The van der Waals surface area contributed by atoms with E-state index < -0.39 is 22.2 Å². The number of fused-ring (bicyclic) bond motifs is 1. The largest absolute Gasteiger partial charge is 0.404 e. The Balaban J connectivity index is 2.53. The number of alkyl halides is 3. The fraction of sp³-hybridized carbons (Fsp3) is 0.286. The highest BCUT2D eigenvalue weighted by Crippen LogP contribution is 2.30. The fourth-order valence-electron chi connectivity index (χ4n) is 2.10. The number of hydrogen-bond acceptors (Lipinski definition) is 2. The van der Waals surface area contributed by atoms with Crippen molar-refractivity contribution in [1.29, 1.82) is 0 Å². The average Bonchev–Trinajstić information content (AvgIpc) is 2.44. The third-order valence-corrected chi connectivity index (χ3v) is 5.44. The molecule has 120 valence electrons. The van der Waals surface area contributed by atoms with E-state index in [-0.39, 0.29) is 11.3 Å². The predicted octanol–water partition coefficient (Wildman–Crippen LogP) is 4.22. The van der Waals surface area contributed by atoms with Crippen LogP contribution in [-0.2, 0) is 10.0 Å². The molecule has 2 aromatic rings. The van der Waals surface area contributed by atoms with Crippen molar-refractivity contribution in [2.75, 3.05) is 0 Å². The van der Waals surface area contributed by atoms with Gasteiger partial charge in [0.05, 0.1) is 4.90 Å². The Morgan fingerprint density at radius 3 is 2.27 bits per heavy atom. The smallest absolute Gasteiger partial charge is 0.207 e. The van der Waals surface area contributed by atoms with Crippen molar-refractivity contribution in [2.45, 2.75) is 30.5 Å². The van der Waals surface area contributed by atoms with Gasteiger partial charge in [-0.05, 0) is 23.9 Å². The van der Waals surface area contributed by atoms with Crippen molar-refractivity contribution in [2.24, 2.45) is 0 Å². The molecule has 0 amide bonds. The van der Waals surface area contributed by atoms with Crippen molar-refractivity contribution in [1.82, 2.24) is 4.72 Å². The summed E-state index contributed by atoms with van der Waals surface area (Å²) < 4.78 is 65.5. The fourth-order valence-corrected chi connectivity index (χ4v) is 4.10. The van der Waals surface area contributed by atoms with Crippen LogP contribution in [0.5, 0.6) is 0 Å². The lowest BCUT2D eigenvalue weighted by Crippen LogP contribution is -2.44. The van der Waals surface area contributed by atoms with E-state index in [1.54, 1.807) is 29.0 Å². The van der Waals surface area contributed by atoms with E-state index in [1.165, 1.54) is 19.1 Å². The van der Waals surface area contributed by atoms with Crippen LogP contribution in [0.2, 0.25) is 0 Å². The van der Waals surface area contributed by atoms with Crippen LogP contribution in [0, 0.1) is 0 Å². The van der Waals surface area contributed by atoms with Gasteiger partial charge in [-0.15, -0.1) is 0 Å². The summed E-state index contributed by atoms with van der Waals surface area (Å²) in [6, 6.07) is 7.29. The van der Waals surface area contributed by atoms with Gasteiger partial charge in [-0.25, -0.2) is 8.42 Å². The highest BCUT2D eigenvalue weighted by atomic mass is 79.9. The van der Waals surface area contributed by atoms with Gasteiger partial charge in [0, 0.05) is 9.86 Å². The highest BCUT2D eigenvalue weighted by Gasteiger charge is 2.41. The van der Waals surface area contributed by atoms with Gasteiger partial charge in [-0.2, -0.15) is 17.9 Å². The van der Waals surface area contributed by atoms with Crippen molar-refractivity contribution in [3.63, 3.8) is 0 Å². The van der Waals surface area contributed by atoms with E-state index in [9.17, 15) is 21.6 Å². The zero-order chi connectivity index (χ0) is 16.5. The molecule has 0 aliphatic rings. The lowest BCUT2D eigenvalue weighted by atomic mass is 10.1. The topological polar surface area (TPSA) is 46.2 Å². The van der Waals surface area contributed by atoms with Gasteiger partial charge in [0.2, 0.25) is 10.0 Å². The number of sulfonamides is 1. The third kappa shape index (κ3) is 3.44. The molecule has 1 atom stereocenters. The van der Waals surface area contributed by atoms with Gasteiger partial charge in [0.25, 0.3) is 0 Å². The summed E-state index contributed by atoms with van der Waals surface area (Å²) in [6.07, 6.45) is -5.01. The lowest BCUT2D eigenvalue weighted by molar-refractivity contribution is -0.151. The molecule has 22 heavy (non-hydrogen) atoms. The van der Waals surface area contributed by atoms with Gasteiger partial charge in [-0.1, -0.05) is 47.1 Å². The number of benzene rings is 2. The van der Waals surface area contributed by atoms with Crippen LogP contribution in [0.1, 0.15) is 13.3 Å². The molecule has 0 unspecified atom stereocenters. The van der Waals surface area contributed by atoms with E-state index in [2.05, 4.69) is 15.9 Å². The zero-order valence-corrected chi connectivity index (χ0v) is 13.9. The Morgan fingerprint density at radius 1 is 1.14 bits per heavy atom. The summed E-state index contributed by atoms with van der Waals surface area (Å²) >= 11 is 3.30. The SMILES string of the molecule is CC[C@H](NS(=O)(=O)c1ccc(Br)c2ccccc12)C(F)(F)F. The monoisotopic (exact) mass is 395 g/mol. The van der Waals surface area contributed by atoms with E-state index in [1.807, 2.05) is 0 Å². The molecule has 0 bridgehead atoms. The Labute approximate surface area is 134 Å². The molecule has 0 saturated heterocycles. The second kappa shape index (κ2) is 6.17. The Morgan fingerprint density at radius 2 is 1.73 bits per heavy atom. The van der Waals surface area contributed by atoms with Crippen molar-refractivity contribution in [3.05, 3.63) is 40.9 Å². The summed E-state index contributed by atoms with van der Waals surface area (Å²) in [5.74, 6) is 0. The first-order valence-corrected chi connectivity index (χ1v) is 8.70. The quantitative estimate of drug-likeness (QED) is 0.841. The minimum Gasteiger partial charge on any atom is -0.207 e. The summed E-state index contributed by atoms with van der Waals surface area (Å²) in [5, 5.41) is 0.979. The molecule has 2 rings (SSSR count). The van der Waals surface area contributed by atoms with Crippen molar-refractivity contribution >= 4 is 36.7 Å². The molecule has 0 fully saturated rings. The molecular formula is C14H13BrF3NO2S. The second-order valence-electron chi connectivity index (χ2n) is 4.71. The van der Waals surface area contributed by atoms with Crippen LogP contribution in [0.3, 0.4) is 0 Å². The number of rotatable bonds is 4. The minimum absolute atomic E-state index is 0.172. The lowest BCUT2D eigenvalue weighted by Gasteiger charge is -2.20. The standard InChI is InChI=1S/C14H13BrF3NO2S/c1-2-13(14(16,17)18)19-22(20,21)12-8-7-11(15)9-5-3-4-6-10(9)12/h3-8,13,19H,2H2,1H3/t13-/m0/s1. The van der Waals surface area contributed by atoms with Crippen LogP contribution in [0.4, 0.5) is 13.2 Å². The van der Waals surface area contributed by atoms with Crippen LogP contribution in [0.25, 0.3) is 10.8 Å². The molecule has 0 heterocycles. The van der Waals surface area contributed by atoms with Crippen LogP contribution in [0.15, 0.2) is 45.8 Å². The average molecular weight is 396 g/mol.